The fourth-order valence-corrected chi connectivity index (χ4v) is 3.19. The number of aromatic nitrogens is 1. The number of anilines is 1. The van der Waals surface area contributed by atoms with Gasteiger partial charge in [0.2, 0.25) is 11.7 Å². The van der Waals surface area contributed by atoms with Crippen LogP contribution in [0.15, 0.2) is 18.3 Å². The lowest BCUT2D eigenvalue weighted by Crippen LogP contribution is -2.48. The second kappa shape index (κ2) is 6.91. The Morgan fingerprint density at radius 3 is 2.87 bits per heavy atom. The van der Waals surface area contributed by atoms with Gasteiger partial charge in [-0.1, -0.05) is 0 Å². The Bertz CT molecular complexity index is 589. The van der Waals surface area contributed by atoms with Crippen LogP contribution < -0.4 is 4.90 Å². The van der Waals surface area contributed by atoms with E-state index in [2.05, 4.69) is 4.98 Å². The fraction of sp³-hybridized carbons (Fsp3) is 0.600. The van der Waals surface area contributed by atoms with E-state index in [4.69, 9.17) is 4.74 Å². The van der Waals surface area contributed by atoms with Gasteiger partial charge in [0.05, 0.1) is 24.1 Å². The van der Waals surface area contributed by atoms with E-state index < -0.39 is 4.92 Å². The number of carbonyl (C=O) groups is 1. The Labute approximate surface area is 134 Å². The molecule has 23 heavy (non-hydrogen) atoms. The smallest absolute Gasteiger partial charge is 0.311 e. The average molecular weight is 320 g/mol. The molecule has 2 aliphatic rings. The molecule has 8 heteroatoms. The van der Waals surface area contributed by atoms with Crippen LogP contribution in [0, 0.1) is 16.0 Å². The van der Waals surface area contributed by atoms with E-state index in [1.807, 2.05) is 9.80 Å². The third-order valence-corrected chi connectivity index (χ3v) is 4.36. The van der Waals surface area contributed by atoms with E-state index >= 15 is 0 Å². The molecule has 2 fully saturated rings. The lowest BCUT2D eigenvalue weighted by atomic mass is 9.96. The van der Waals surface area contributed by atoms with E-state index in [0.29, 0.717) is 45.2 Å². The van der Waals surface area contributed by atoms with Crippen LogP contribution >= 0.6 is 0 Å². The van der Waals surface area contributed by atoms with Crippen LogP contribution in [-0.2, 0) is 9.53 Å². The van der Waals surface area contributed by atoms with Gasteiger partial charge in [-0.2, -0.15) is 0 Å². The molecule has 1 atom stereocenters. The maximum Gasteiger partial charge on any atom is 0.311 e. The van der Waals surface area contributed by atoms with Gasteiger partial charge in [0, 0.05) is 38.4 Å². The van der Waals surface area contributed by atoms with Crippen molar-refractivity contribution < 1.29 is 14.5 Å². The number of ether oxygens (including phenoxy) is 1. The zero-order chi connectivity index (χ0) is 16.2. The van der Waals surface area contributed by atoms with Crippen molar-refractivity contribution in [1.82, 2.24) is 9.88 Å². The second-order valence-electron chi connectivity index (χ2n) is 5.83. The van der Waals surface area contributed by atoms with Crippen molar-refractivity contribution in [1.29, 1.82) is 0 Å². The van der Waals surface area contributed by atoms with Gasteiger partial charge in [-0.25, -0.2) is 4.98 Å². The molecular weight excluding hydrogens is 300 g/mol. The first-order chi connectivity index (χ1) is 11.2. The number of nitrogens with zero attached hydrogens (tertiary/aromatic N) is 4. The summed E-state index contributed by atoms with van der Waals surface area (Å²) in [5.74, 6) is 0.344. The van der Waals surface area contributed by atoms with Crippen LogP contribution in [0.2, 0.25) is 0 Å². The Kier molecular flexibility index (Phi) is 4.71. The maximum absolute atomic E-state index is 12.6. The Morgan fingerprint density at radius 2 is 2.13 bits per heavy atom. The molecule has 0 aromatic carbocycles. The summed E-state index contributed by atoms with van der Waals surface area (Å²) in [4.78, 5) is 31.3. The molecule has 0 saturated carbocycles. The first-order valence-electron chi connectivity index (χ1n) is 7.87. The maximum atomic E-state index is 12.6. The van der Waals surface area contributed by atoms with Crippen LogP contribution in [0.1, 0.15) is 12.8 Å². The quantitative estimate of drug-likeness (QED) is 0.611. The van der Waals surface area contributed by atoms with E-state index in [0.717, 1.165) is 12.8 Å². The van der Waals surface area contributed by atoms with Crippen molar-refractivity contribution in [3.8, 4) is 0 Å². The molecule has 1 aromatic rings. The summed E-state index contributed by atoms with van der Waals surface area (Å²) in [6, 6.07) is 3.01. The number of carbonyl (C=O) groups excluding carboxylic acids is 1. The Hall–Kier alpha value is -2.22. The number of pyridine rings is 1. The number of hydrogen-bond acceptors (Lipinski definition) is 6. The Balaban J connectivity index is 1.73. The molecule has 1 aromatic heterocycles. The molecule has 0 N–H and O–H groups in total. The number of nitro groups is 1. The van der Waals surface area contributed by atoms with Gasteiger partial charge < -0.3 is 14.5 Å². The van der Waals surface area contributed by atoms with Crippen LogP contribution in [-0.4, -0.2) is 60.1 Å². The third kappa shape index (κ3) is 3.42. The van der Waals surface area contributed by atoms with Gasteiger partial charge in [-0.15, -0.1) is 0 Å². The van der Waals surface area contributed by atoms with Gasteiger partial charge in [0.1, 0.15) is 0 Å². The summed E-state index contributed by atoms with van der Waals surface area (Å²) < 4.78 is 5.28. The van der Waals surface area contributed by atoms with Crippen LogP contribution in [0.4, 0.5) is 11.5 Å². The SMILES string of the molecule is O=C(C1CCCN(c2ncccc2[N+](=O)[O-])C1)N1CCOCC1. The van der Waals surface area contributed by atoms with Crippen molar-refractivity contribution in [2.24, 2.45) is 5.92 Å². The average Bonchev–Trinajstić information content (AvgIpc) is 2.62. The van der Waals surface area contributed by atoms with E-state index in [-0.39, 0.29) is 17.5 Å². The normalized spacial score (nSPS) is 22.0. The third-order valence-electron chi connectivity index (χ3n) is 4.36. The predicted octanol–water partition coefficient (Wildman–Crippen LogP) is 1.07. The zero-order valence-electron chi connectivity index (χ0n) is 12.9. The highest BCUT2D eigenvalue weighted by Crippen LogP contribution is 2.29. The highest BCUT2D eigenvalue weighted by atomic mass is 16.6. The fourth-order valence-electron chi connectivity index (χ4n) is 3.19. The molecule has 1 amide bonds. The summed E-state index contributed by atoms with van der Waals surface area (Å²) in [5.41, 5.74) is -0.00743. The largest absolute Gasteiger partial charge is 0.378 e. The monoisotopic (exact) mass is 320 g/mol. The summed E-state index contributed by atoms with van der Waals surface area (Å²) in [6.45, 7) is 3.57. The van der Waals surface area contributed by atoms with Gasteiger partial charge >= 0.3 is 5.69 Å². The van der Waals surface area contributed by atoms with Gasteiger partial charge in [-0.05, 0) is 18.9 Å². The lowest BCUT2D eigenvalue weighted by Gasteiger charge is -2.36. The summed E-state index contributed by atoms with van der Waals surface area (Å²) in [5, 5.41) is 11.2. The van der Waals surface area contributed by atoms with Crippen molar-refractivity contribution in [2.45, 2.75) is 12.8 Å². The van der Waals surface area contributed by atoms with Gasteiger partial charge in [0.15, 0.2) is 0 Å². The van der Waals surface area contributed by atoms with Gasteiger partial charge in [0.25, 0.3) is 0 Å². The van der Waals surface area contributed by atoms with E-state index in [1.54, 1.807) is 12.3 Å². The highest BCUT2D eigenvalue weighted by molar-refractivity contribution is 5.80. The number of rotatable bonds is 3. The standard InChI is InChI=1S/C15H20N4O4/c20-15(17-7-9-23-10-8-17)12-3-2-6-18(11-12)14-13(19(21)22)4-1-5-16-14/h1,4-5,12H,2-3,6-11H2. The number of hydrogen-bond donors (Lipinski definition) is 0. The molecule has 0 spiro atoms. The number of amides is 1. The molecule has 1 unspecified atom stereocenters. The van der Waals surface area contributed by atoms with Crippen LogP contribution in [0.25, 0.3) is 0 Å². The first-order valence-corrected chi connectivity index (χ1v) is 7.87. The molecular formula is C15H20N4O4. The predicted molar refractivity (Wildman–Crippen MR) is 83.2 cm³/mol. The molecule has 0 radical (unpaired) electrons. The minimum Gasteiger partial charge on any atom is -0.378 e. The summed E-state index contributed by atoms with van der Waals surface area (Å²) >= 11 is 0. The molecule has 2 saturated heterocycles. The minimum atomic E-state index is -0.421. The number of piperidine rings is 1. The highest BCUT2D eigenvalue weighted by Gasteiger charge is 2.32. The zero-order valence-corrected chi connectivity index (χ0v) is 12.9. The van der Waals surface area contributed by atoms with Crippen molar-refractivity contribution in [2.75, 3.05) is 44.3 Å². The number of morpholine rings is 1. The molecule has 2 aliphatic heterocycles. The molecule has 0 aliphatic carbocycles. The van der Waals surface area contributed by atoms with Crippen molar-refractivity contribution in [3.05, 3.63) is 28.4 Å². The molecule has 0 bridgehead atoms. The van der Waals surface area contributed by atoms with E-state index in [1.165, 1.54) is 6.07 Å². The summed E-state index contributed by atoms with van der Waals surface area (Å²) in [6.07, 6.45) is 3.19. The topological polar surface area (TPSA) is 88.8 Å². The minimum absolute atomic E-state index is 0.00743. The molecule has 3 heterocycles. The van der Waals surface area contributed by atoms with E-state index in [9.17, 15) is 14.9 Å². The van der Waals surface area contributed by atoms with Crippen molar-refractivity contribution in [3.63, 3.8) is 0 Å². The van der Waals surface area contributed by atoms with Crippen LogP contribution in [0.5, 0.6) is 0 Å². The first kappa shape index (κ1) is 15.7. The lowest BCUT2D eigenvalue weighted by molar-refractivity contribution is -0.384. The second-order valence-corrected chi connectivity index (χ2v) is 5.83. The molecule has 8 nitrogen and oxygen atoms in total. The summed E-state index contributed by atoms with van der Waals surface area (Å²) in [7, 11) is 0. The van der Waals surface area contributed by atoms with Crippen molar-refractivity contribution >= 4 is 17.4 Å². The molecule has 124 valence electrons. The molecule has 3 rings (SSSR count). The Morgan fingerprint density at radius 1 is 1.35 bits per heavy atom. The van der Waals surface area contributed by atoms with Gasteiger partial charge in [-0.3, -0.25) is 14.9 Å². The van der Waals surface area contributed by atoms with Crippen LogP contribution in [0.3, 0.4) is 0 Å².